The zero-order chi connectivity index (χ0) is 8.10. The third kappa shape index (κ3) is 2.66. The fourth-order valence-corrected chi connectivity index (χ4v) is 1.84. The van der Waals surface area contributed by atoms with Gasteiger partial charge in [-0.15, -0.1) is 6.58 Å². The highest BCUT2D eigenvalue weighted by Gasteiger charge is 2.17. The predicted octanol–water partition coefficient (Wildman–Crippen LogP) is 2.50. The number of hydrogen-bond acceptors (Lipinski definition) is 1. The Morgan fingerprint density at radius 3 is 2.18 bits per heavy atom. The average molecular weight is 154 g/mol. The van der Waals surface area contributed by atoms with Gasteiger partial charge in [-0.3, -0.25) is 0 Å². The molecule has 1 atom stereocenters. The van der Waals surface area contributed by atoms with Gasteiger partial charge >= 0.3 is 0 Å². The van der Waals surface area contributed by atoms with Gasteiger partial charge in [0.2, 0.25) is 0 Å². The highest BCUT2D eigenvalue weighted by molar-refractivity contribution is 4.85. The second kappa shape index (κ2) is 4.55. The molecule has 0 aromatic rings. The molecule has 64 valence electrons. The van der Waals surface area contributed by atoms with Crippen LogP contribution in [-0.2, 0) is 0 Å². The molecule has 0 radical (unpaired) electrons. The summed E-state index contributed by atoms with van der Waals surface area (Å²) >= 11 is 0. The summed E-state index contributed by atoms with van der Waals surface area (Å²) in [7, 11) is 0. The average Bonchev–Trinajstić information content (AvgIpc) is 2.30. The van der Waals surface area contributed by atoms with E-state index in [9.17, 15) is 5.11 Å². The van der Waals surface area contributed by atoms with Gasteiger partial charge in [-0.2, -0.15) is 0 Å². The van der Waals surface area contributed by atoms with E-state index in [2.05, 4.69) is 6.58 Å². The van der Waals surface area contributed by atoms with Crippen LogP contribution in [0.5, 0.6) is 0 Å². The summed E-state index contributed by atoms with van der Waals surface area (Å²) in [6, 6.07) is 0. The Bertz CT molecular complexity index is 112. The van der Waals surface area contributed by atoms with E-state index in [1.807, 2.05) is 0 Å². The van der Waals surface area contributed by atoms with Crippen molar-refractivity contribution in [2.75, 3.05) is 0 Å². The summed E-state index contributed by atoms with van der Waals surface area (Å²) in [6.07, 6.45) is 9.07. The van der Waals surface area contributed by atoms with Crippen LogP contribution in [0.15, 0.2) is 12.7 Å². The van der Waals surface area contributed by atoms with Crippen LogP contribution < -0.4 is 0 Å². The van der Waals surface area contributed by atoms with Crippen LogP contribution in [-0.4, -0.2) is 11.2 Å². The first-order chi connectivity index (χ1) is 5.34. The molecule has 1 saturated carbocycles. The Balaban J connectivity index is 2.35. The Labute approximate surface area is 69.1 Å². The van der Waals surface area contributed by atoms with Gasteiger partial charge in [0, 0.05) is 0 Å². The number of hydrogen-bond donors (Lipinski definition) is 1. The molecule has 1 aliphatic rings. The van der Waals surface area contributed by atoms with Crippen molar-refractivity contribution >= 4 is 0 Å². The van der Waals surface area contributed by atoms with E-state index in [4.69, 9.17) is 0 Å². The van der Waals surface area contributed by atoms with Gasteiger partial charge in [0.15, 0.2) is 0 Å². The SMILES string of the molecule is C=CC(O)C1CCCCCC1. The predicted molar refractivity (Wildman–Crippen MR) is 47.4 cm³/mol. The quantitative estimate of drug-likeness (QED) is 0.478. The number of aliphatic hydroxyl groups is 1. The minimum absolute atomic E-state index is 0.256. The van der Waals surface area contributed by atoms with Crippen LogP contribution in [0.25, 0.3) is 0 Å². The lowest BCUT2D eigenvalue weighted by Crippen LogP contribution is -2.16. The molecule has 0 saturated heterocycles. The number of rotatable bonds is 2. The molecule has 1 rings (SSSR count). The molecular formula is C10H18O. The first kappa shape index (κ1) is 8.79. The molecule has 1 unspecified atom stereocenters. The van der Waals surface area contributed by atoms with Crippen LogP contribution in [0.1, 0.15) is 38.5 Å². The summed E-state index contributed by atoms with van der Waals surface area (Å²) in [5.74, 6) is 0.495. The van der Waals surface area contributed by atoms with Crippen molar-refractivity contribution in [3.05, 3.63) is 12.7 Å². The van der Waals surface area contributed by atoms with Gasteiger partial charge in [0.25, 0.3) is 0 Å². The molecule has 0 aromatic carbocycles. The molecule has 1 fully saturated rings. The first-order valence-electron chi connectivity index (χ1n) is 4.65. The van der Waals surface area contributed by atoms with Gasteiger partial charge in [-0.25, -0.2) is 0 Å². The monoisotopic (exact) mass is 154 g/mol. The Morgan fingerprint density at radius 2 is 1.73 bits per heavy atom. The van der Waals surface area contributed by atoms with Crippen LogP contribution in [0, 0.1) is 5.92 Å². The first-order valence-corrected chi connectivity index (χ1v) is 4.65. The summed E-state index contributed by atoms with van der Waals surface area (Å²) < 4.78 is 0. The van der Waals surface area contributed by atoms with Gasteiger partial charge < -0.3 is 5.11 Å². The molecule has 1 aliphatic carbocycles. The van der Waals surface area contributed by atoms with Crippen molar-refractivity contribution in [3.8, 4) is 0 Å². The molecule has 1 N–H and O–H groups in total. The van der Waals surface area contributed by atoms with E-state index >= 15 is 0 Å². The van der Waals surface area contributed by atoms with E-state index in [0.717, 1.165) is 0 Å². The summed E-state index contributed by atoms with van der Waals surface area (Å²) in [5, 5.41) is 9.49. The fourth-order valence-electron chi connectivity index (χ4n) is 1.84. The maximum atomic E-state index is 9.49. The normalized spacial score (nSPS) is 24.1. The van der Waals surface area contributed by atoms with Crippen molar-refractivity contribution in [1.29, 1.82) is 0 Å². The van der Waals surface area contributed by atoms with E-state index < -0.39 is 0 Å². The van der Waals surface area contributed by atoms with E-state index in [1.54, 1.807) is 6.08 Å². The lowest BCUT2D eigenvalue weighted by atomic mass is 9.94. The molecule has 0 aliphatic heterocycles. The molecular weight excluding hydrogens is 136 g/mol. The zero-order valence-electron chi connectivity index (χ0n) is 7.13. The zero-order valence-corrected chi connectivity index (χ0v) is 7.13. The molecule has 0 heterocycles. The van der Waals surface area contributed by atoms with Crippen LogP contribution >= 0.6 is 0 Å². The third-order valence-corrected chi connectivity index (χ3v) is 2.62. The highest BCUT2D eigenvalue weighted by atomic mass is 16.3. The highest BCUT2D eigenvalue weighted by Crippen LogP contribution is 2.25. The Morgan fingerprint density at radius 1 is 1.18 bits per heavy atom. The van der Waals surface area contributed by atoms with Crippen LogP contribution in [0.4, 0.5) is 0 Å². The van der Waals surface area contributed by atoms with Crippen LogP contribution in [0.2, 0.25) is 0 Å². The fraction of sp³-hybridized carbons (Fsp3) is 0.800. The Hall–Kier alpha value is -0.300. The molecule has 0 amide bonds. The van der Waals surface area contributed by atoms with E-state index in [0.29, 0.717) is 5.92 Å². The van der Waals surface area contributed by atoms with E-state index in [-0.39, 0.29) is 6.10 Å². The van der Waals surface area contributed by atoms with Crippen molar-refractivity contribution in [2.45, 2.75) is 44.6 Å². The number of aliphatic hydroxyl groups excluding tert-OH is 1. The maximum absolute atomic E-state index is 9.49. The van der Waals surface area contributed by atoms with Crippen molar-refractivity contribution in [3.63, 3.8) is 0 Å². The summed E-state index contributed by atoms with van der Waals surface area (Å²) in [4.78, 5) is 0. The molecule has 0 bridgehead atoms. The maximum Gasteiger partial charge on any atom is 0.0746 e. The van der Waals surface area contributed by atoms with Gasteiger partial charge in [-0.1, -0.05) is 31.8 Å². The smallest absolute Gasteiger partial charge is 0.0746 e. The molecule has 1 nitrogen and oxygen atoms in total. The second-order valence-electron chi connectivity index (χ2n) is 3.48. The van der Waals surface area contributed by atoms with Gasteiger partial charge in [-0.05, 0) is 18.8 Å². The standard InChI is InChI=1S/C10H18O/c1-2-10(11)9-7-5-3-4-6-8-9/h2,9-11H,1,3-8H2. The molecule has 11 heavy (non-hydrogen) atoms. The van der Waals surface area contributed by atoms with Crippen molar-refractivity contribution in [1.82, 2.24) is 0 Å². The lowest BCUT2D eigenvalue weighted by molar-refractivity contribution is 0.142. The summed E-state index contributed by atoms with van der Waals surface area (Å²) in [5.41, 5.74) is 0. The largest absolute Gasteiger partial charge is 0.389 e. The molecule has 0 spiro atoms. The third-order valence-electron chi connectivity index (χ3n) is 2.62. The minimum Gasteiger partial charge on any atom is -0.389 e. The summed E-state index contributed by atoms with van der Waals surface area (Å²) in [6.45, 7) is 3.62. The lowest BCUT2D eigenvalue weighted by Gasteiger charge is -2.17. The van der Waals surface area contributed by atoms with Crippen molar-refractivity contribution in [2.24, 2.45) is 5.92 Å². The minimum atomic E-state index is -0.256. The van der Waals surface area contributed by atoms with Gasteiger partial charge in [0.1, 0.15) is 0 Å². The van der Waals surface area contributed by atoms with Gasteiger partial charge in [0.05, 0.1) is 6.10 Å². The Kier molecular flexibility index (Phi) is 3.64. The van der Waals surface area contributed by atoms with Crippen molar-refractivity contribution < 1.29 is 5.11 Å². The second-order valence-corrected chi connectivity index (χ2v) is 3.48. The van der Waals surface area contributed by atoms with Crippen LogP contribution in [0.3, 0.4) is 0 Å². The topological polar surface area (TPSA) is 20.2 Å². The molecule has 1 heteroatoms. The molecule has 0 aromatic heterocycles. The van der Waals surface area contributed by atoms with E-state index in [1.165, 1.54) is 38.5 Å².